The molecule has 0 atom stereocenters. The van der Waals surface area contributed by atoms with Crippen molar-refractivity contribution in [1.82, 2.24) is 0 Å². The van der Waals surface area contributed by atoms with E-state index >= 15 is 0 Å². The van der Waals surface area contributed by atoms with Gasteiger partial charge < -0.3 is 19.5 Å². The van der Waals surface area contributed by atoms with Crippen LogP contribution in [-0.2, 0) is 9.53 Å². The maximum absolute atomic E-state index is 12.7. The molecule has 3 aromatic carbocycles. The molecule has 0 unspecified atom stereocenters. The molecule has 1 heterocycles. The predicted molar refractivity (Wildman–Crippen MR) is 130 cm³/mol. The van der Waals surface area contributed by atoms with E-state index in [1.165, 1.54) is 11.3 Å². The number of methoxy groups -OCH3 is 1. The fourth-order valence-corrected chi connectivity index (χ4v) is 4.44. The number of amides is 1. The van der Waals surface area contributed by atoms with E-state index < -0.39 is 5.97 Å². The second-order valence-electron chi connectivity index (χ2n) is 7.12. The molecule has 6 nitrogen and oxygen atoms in total. The molecule has 0 fully saturated rings. The highest BCUT2D eigenvalue weighted by molar-refractivity contribution is 7.15. The van der Waals surface area contributed by atoms with Gasteiger partial charge >= 0.3 is 5.97 Å². The second kappa shape index (κ2) is 10.2. The third kappa shape index (κ3) is 4.99. The number of benzene rings is 3. The van der Waals surface area contributed by atoms with Gasteiger partial charge in [-0.15, -0.1) is 11.3 Å². The van der Waals surface area contributed by atoms with Crippen LogP contribution < -0.4 is 14.8 Å². The second-order valence-corrected chi connectivity index (χ2v) is 8.00. The van der Waals surface area contributed by atoms with Crippen LogP contribution in [0.4, 0.5) is 5.00 Å². The average molecular weight is 462 g/mol. The summed E-state index contributed by atoms with van der Waals surface area (Å²) in [4.78, 5) is 25.4. The van der Waals surface area contributed by atoms with Crippen LogP contribution in [0.5, 0.6) is 11.5 Å². The fraction of sp³-hybridized carbons (Fsp3) is 0.154. The van der Waals surface area contributed by atoms with E-state index in [0.717, 1.165) is 16.3 Å². The molecule has 33 heavy (non-hydrogen) atoms. The highest BCUT2D eigenvalue weighted by Gasteiger charge is 2.23. The lowest BCUT2D eigenvalue weighted by Crippen LogP contribution is -2.21. The largest absolute Gasteiger partial charge is 0.497 e. The molecule has 0 spiro atoms. The summed E-state index contributed by atoms with van der Waals surface area (Å²) in [5.74, 6) is 0.483. The summed E-state index contributed by atoms with van der Waals surface area (Å²) in [5, 5.41) is 7.02. The van der Waals surface area contributed by atoms with Gasteiger partial charge in [-0.1, -0.05) is 48.5 Å². The maximum Gasteiger partial charge on any atom is 0.341 e. The third-order valence-corrected chi connectivity index (χ3v) is 5.93. The number of nitrogens with one attached hydrogen (secondary N) is 1. The number of fused-ring (bicyclic) bond motifs is 1. The number of ether oxygens (including phenoxy) is 3. The maximum atomic E-state index is 12.7. The monoisotopic (exact) mass is 461 g/mol. The molecule has 4 aromatic rings. The quantitative estimate of drug-likeness (QED) is 0.337. The van der Waals surface area contributed by atoms with E-state index in [9.17, 15) is 9.59 Å². The van der Waals surface area contributed by atoms with Crippen molar-refractivity contribution in [1.29, 1.82) is 0 Å². The summed E-state index contributed by atoms with van der Waals surface area (Å²) in [6.45, 7) is 1.79. The van der Waals surface area contributed by atoms with Crippen molar-refractivity contribution in [3.8, 4) is 22.6 Å². The van der Waals surface area contributed by atoms with Crippen LogP contribution in [0.15, 0.2) is 72.1 Å². The molecule has 1 aromatic heterocycles. The summed E-state index contributed by atoms with van der Waals surface area (Å²) < 4.78 is 16.2. The first-order valence-electron chi connectivity index (χ1n) is 10.4. The molecule has 0 aliphatic rings. The summed E-state index contributed by atoms with van der Waals surface area (Å²) >= 11 is 1.27. The van der Waals surface area contributed by atoms with Crippen molar-refractivity contribution in [2.75, 3.05) is 25.6 Å². The predicted octanol–water partition coefficient (Wildman–Crippen LogP) is 5.77. The first kappa shape index (κ1) is 22.4. The van der Waals surface area contributed by atoms with E-state index in [1.54, 1.807) is 14.0 Å². The molecular weight excluding hydrogens is 438 g/mol. The highest BCUT2D eigenvalue weighted by atomic mass is 32.1. The molecule has 0 saturated heterocycles. The van der Waals surface area contributed by atoms with Crippen LogP contribution in [0.2, 0.25) is 0 Å². The van der Waals surface area contributed by atoms with E-state index in [0.29, 0.717) is 27.6 Å². The van der Waals surface area contributed by atoms with E-state index in [4.69, 9.17) is 14.2 Å². The van der Waals surface area contributed by atoms with Gasteiger partial charge in [0.2, 0.25) is 0 Å². The Bertz CT molecular complexity index is 1270. The zero-order chi connectivity index (χ0) is 23.2. The minimum Gasteiger partial charge on any atom is -0.497 e. The van der Waals surface area contributed by atoms with Crippen molar-refractivity contribution in [3.63, 3.8) is 0 Å². The topological polar surface area (TPSA) is 73.9 Å². The van der Waals surface area contributed by atoms with Crippen molar-refractivity contribution in [2.45, 2.75) is 6.92 Å². The SMILES string of the molecule is CCOC(=O)c1c(-c2ccc(OC)cc2)csc1NC(=O)COc1cccc2ccccc12. The first-order valence-corrected chi connectivity index (χ1v) is 11.3. The lowest BCUT2D eigenvalue weighted by molar-refractivity contribution is -0.118. The van der Waals surface area contributed by atoms with Gasteiger partial charge in [0.25, 0.3) is 5.91 Å². The minimum atomic E-state index is -0.491. The van der Waals surface area contributed by atoms with Crippen LogP contribution in [-0.4, -0.2) is 32.2 Å². The van der Waals surface area contributed by atoms with Crippen molar-refractivity contribution < 1.29 is 23.8 Å². The Balaban J connectivity index is 1.54. The molecule has 0 bridgehead atoms. The lowest BCUT2D eigenvalue weighted by atomic mass is 10.0. The zero-order valence-corrected chi connectivity index (χ0v) is 19.1. The van der Waals surface area contributed by atoms with Gasteiger partial charge in [0, 0.05) is 16.3 Å². The Kier molecular flexibility index (Phi) is 6.90. The van der Waals surface area contributed by atoms with Gasteiger partial charge in [0.05, 0.1) is 13.7 Å². The lowest BCUT2D eigenvalue weighted by Gasteiger charge is -2.11. The normalized spacial score (nSPS) is 10.6. The molecule has 0 aliphatic heterocycles. The first-order chi connectivity index (χ1) is 16.1. The number of hydrogen-bond donors (Lipinski definition) is 1. The number of hydrogen-bond acceptors (Lipinski definition) is 6. The van der Waals surface area contributed by atoms with E-state index in [2.05, 4.69) is 5.32 Å². The van der Waals surface area contributed by atoms with Gasteiger partial charge in [0.15, 0.2) is 6.61 Å². The third-order valence-electron chi connectivity index (χ3n) is 5.03. The van der Waals surface area contributed by atoms with E-state index in [1.807, 2.05) is 72.1 Å². The molecule has 0 saturated carbocycles. The molecule has 0 radical (unpaired) electrons. The van der Waals surface area contributed by atoms with Gasteiger partial charge in [-0.2, -0.15) is 0 Å². The van der Waals surface area contributed by atoms with Crippen molar-refractivity contribution in [2.24, 2.45) is 0 Å². The summed E-state index contributed by atoms with van der Waals surface area (Å²) in [7, 11) is 1.59. The van der Waals surface area contributed by atoms with E-state index in [-0.39, 0.29) is 19.1 Å². The Hall–Kier alpha value is -3.84. The van der Waals surface area contributed by atoms with Crippen LogP contribution in [0.25, 0.3) is 21.9 Å². The van der Waals surface area contributed by atoms with Gasteiger partial charge in [-0.3, -0.25) is 4.79 Å². The molecule has 0 aliphatic carbocycles. The zero-order valence-electron chi connectivity index (χ0n) is 18.3. The number of carbonyl (C=O) groups is 2. The molecule has 168 valence electrons. The van der Waals surface area contributed by atoms with Gasteiger partial charge in [-0.25, -0.2) is 4.79 Å². The van der Waals surface area contributed by atoms with Crippen LogP contribution in [0, 0.1) is 0 Å². The smallest absolute Gasteiger partial charge is 0.341 e. The molecule has 7 heteroatoms. The van der Waals surface area contributed by atoms with Crippen LogP contribution >= 0.6 is 11.3 Å². The summed E-state index contributed by atoms with van der Waals surface area (Å²) in [5.41, 5.74) is 1.83. The molecule has 1 amide bonds. The Labute approximate surface area is 195 Å². The van der Waals surface area contributed by atoms with Gasteiger partial charge in [0.1, 0.15) is 22.1 Å². The average Bonchev–Trinajstić information content (AvgIpc) is 3.26. The number of esters is 1. The van der Waals surface area contributed by atoms with Crippen LogP contribution in [0.1, 0.15) is 17.3 Å². The molecule has 4 rings (SSSR count). The Morgan fingerprint density at radius 1 is 0.970 bits per heavy atom. The fourth-order valence-electron chi connectivity index (χ4n) is 3.47. The van der Waals surface area contributed by atoms with Gasteiger partial charge in [-0.05, 0) is 36.1 Å². The summed E-state index contributed by atoms with van der Waals surface area (Å²) in [6, 6.07) is 20.9. The molecular formula is C26H23NO5S. The standard InChI is InChI=1S/C26H23NO5S/c1-3-31-26(29)24-21(18-11-13-19(30-2)14-12-18)16-33-25(24)27-23(28)15-32-22-10-6-8-17-7-4-5-9-20(17)22/h4-14,16H,3,15H2,1-2H3,(H,27,28). The molecule has 1 N–H and O–H groups in total. The summed E-state index contributed by atoms with van der Waals surface area (Å²) in [6.07, 6.45) is 0. The van der Waals surface area contributed by atoms with Crippen molar-refractivity contribution in [3.05, 3.63) is 77.7 Å². The minimum absolute atomic E-state index is 0.188. The van der Waals surface area contributed by atoms with Crippen LogP contribution in [0.3, 0.4) is 0 Å². The number of carbonyl (C=O) groups excluding carboxylic acids is 2. The highest BCUT2D eigenvalue weighted by Crippen LogP contribution is 2.37. The number of thiophene rings is 1. The Morgan fingerprint density at radius 2 is 1.73 bits per heavy atom. The number of rotatable bonds is 8. The van der Waals surface area contributed by atoms with Crippen molar-refractivity contribution >= 4 is 39.0 Å². The Morgan fingerprint density at radius 3 is 2.48 bits per heavy atom. The number of anilines is 1.